The van der Waals surface area contributed by atoms with Gasteiger partial charge in [0.25, 0.3) is 0 Å². The number of amidine groups is 1. The van der Waals surface area contributed by atoms with E-state index in [0.29, 0.717) is 6.54 Å². The molecule has 0 radical (unpaired) electrons. The first-order valence-electron chi connectivity index (χ1n) is 5.61. The van der Waals surface area contributed by atoms with Crippen molar-refractivity contribution in [3.63, 3.8) is 0 Å². The summed E-state index contributed by atoms with van der Waals surface area (Å²) in [4.78, 5) is 2.17. The number of hydrogen-bond donors (Lipinski definition) is 2. The van der Waals surface area contributed by atoms with Crippen LogP contribution in [0, 0.1) is 5.92 Å². The molecule has 17 heavy (non-hydrogen) atoms. The Morgan fingerprint density at radius 2 is 2.41 bits per heavy atom. The van der Waals surface area contributed by atoms with Crippen LogP contribution in [0.5, 0.6) is 0 Å². The van der Waals surface area contributed by atoms with E-state index >= 15 is 0 Å². The zero-order valence-corrected chi connectivity index (χ0v) is 10.5. The van der Waals surface area contributed by atoms with E-state index in [-0.39, 0.29) is 11.8 Å². The van der Waals surface area contributed by atoms with Crippen LogP contribution in [-0.2, 0) is 13.6 Å². The second-order valence-corrected chi connectivity index (χ2v) is 4.14. The fourth-order valence-electron chi connectivity index (χ4n) is 1.58. The van der Waals surface area contributed by atoms with Gasteiger partial charge in [-0.1, -0.05) is 24.2 Å². The molecule has 1 atom stereocenters. The average Bonchev–Trinajstić information content (AvgIpc) is 2.72. The Labute approximate surface area is 101 Å². The zero-order valence-electron chi connectivity index (χ0n) is 10.5. The monoisotopic (exact) mass is 240 g/mol. The van der Waals surface area contributed by atoms with Crippen molar-refractivity contribution < 1.29 is 5.21 Å². The molecule has 1 unspecified atom stereocenters. The van der Waals surface area contributed by atoms with E-state index in [9.17, 15) is 0 Å². The van der Waals surface area contributed by atoms with E-state index in [1.54, 1.807) is 4.68 Å². The Balaban J connectivity index is 2.54. The molecular weight excluding hydrogens is 220 g/mol. The molecule has 0 amide bonds. The molecule has 0 aliphatic carbocycles. The van der Waals surface area contributed by atoms with Crippen LogP contribution in [0.4, 0.5) is 0 Å². The summed E-state index contributed by atoms with van der Waals surface area (Å²) in [5.74, 6) is 0.263. The lowest BCUT2D eigenvalue weighted by Gasteiger charge is -2.22. The van der Waals surface area contributed by atoms with Crippen molar-refractivity contribution in [3.05, 3.63) is 11.9 Å². The molecule has 0 saturated heterocycles. The van der Waals surface area contributed by atoms with Crippen LogP contribution in [-0.4, -0.2) is 44.0 Å². The molecule has 0 aliphatic rings. The Bertz CT molecular complexity index is 375. The molecule has 0 aliphatic heterocycles. The largest absolute Gasteiger partial charge is 0.409 e. The Hall–Kier alpha value is -1.63. The topological polar surface area (TPSA) is 92.6 Å². The van der Waals surface area contributed by atoms with Crippen LogP contribution in [0.2, 0.25) is 0 Å². The maximum atomic E-state index is 8.60. The van der Waals surface area contributed by atoms with Gasteiger partial charge in [-0.25, -0.2) is 0 Å². The molecule has 0 spiro atoms. The van der Waals surface area contributed by atoms with E-state index in [2.05, 4.69) is 27.3 Å². The van der Waals surface area contributed by atoms with Crippen LogP contribution in [0.15, 0.2) is 11.4 Å². The smallest absolute Gasteiger partial charge is 0.143 e. The number of rotatable bonds is 6. The van der Waals surface area contributed by atoms with Gasteiger partial charge >= 0.3 is 0 Å². The summed E-state index contributed by atoms with van der Waals surface area (Å²) in [6.45, 7) is 6.31. The first-order valence-corrected chi connectivity index (χ1v) is 5.61. The average molecular weight is 240 g/mol. The van der Waals surface area contributed by atoms with Crippen LogP contribution in [0.1, 0.15) is 19.5 Å². The van der Waals surface area contributed by atoms with Gasteiger partial charge in [-0.15, -0.1) is 5.10 Å². The highest BCUT2D eigenvalue weighted by Crippen LogP contribution is 2.05. The molecule has 1 aromatic rings. The number of aryl methyl sites for hydroxylation is 1. The predicted molar refractivity (Wildman–Crippen MR) is 64.5 cm³/mol. The van der Waals surface area contributed by atoms with E-state index in [1.807, 2.05) is 20.2 Å². The molecule has 7 heteroatoms. The van der Waals surface area contributed by atoms with Crippen LogP contribution in [0.3, 0.4) is 0 Å². The van der Waals surface area contributed by atoms with Crippen molar-refractivity contribution in [1.82, 2.24) is 19.9 Å². The summed E-state index contributed by atoms with van der Waals surface area (Å²) in [6, 6.07) is 0. The fraction of sp³-hybridized carbons (Fsp3) is 0.700. The van der Waals surface area contributed by atoms with Crippen molar-refractivity contribution >= 4 is 5.84 Å². The number of oxime groups is 1. The first-order chi connectivity index (χ1) is 8.06. The Morgan fingerprint density at radius 1 is 1.71 bits per heavy atom. The molecule has 0 saturated carbocycles. The van der Waals surface area contributed by atoms with E-state index in [1.165, 1.54) is 0 Å². The van der Waals surface area contributed by atoms with Gasteiger partial charge in [0.15, 0.2) is 0 Å². The molecule has 1 rings (SSSR count). The molecule has 1 heterocycles. The van der Waals surface area contributed by atoms with Crippen molar-refractivity contribution in [2.45, 2.75) is 20.4 Å². The summed E-state index contributed by atoms with van der Waals surface area (Å²) in [6.07, 6.45) is 1.89. The standard InChI is InChI=1S/C10H20N6O/c1-4-16(5-8(2)10(11)13-17)7-9-6-15(3)14-12-9/h6,8,17H,4-5,7H2,1-3H3,(H2,11,13). The third-order valence-electron chi connectivity index (χ3n) is 2.64. The second-order valence-electron chi connectivity index (χ2n) is 4.14. The van der Waals surface area contributed by atoms with Crippen LogP contribution >= 0.6 is 0 Å². The van der Waals surface area contributed by atoms with Crippen molar-refractivity contribution in [2.75, 3.05) is 13.1 Å². The van der Waals surface area contributed by atoms with E-state index in [0.717, 1.165) is 18.8 Å². The minimum absolute atomic E-state index is 0.0108. The fourth-order valence-corrected chi connectivity index (χ4v) is 1.58. The minimum Gasteiger partial charge on any atom is -0.409 e. The lowest BCUT2D eigenvalue weighted by atomic mass is 10.1. The third kappa shape index (κ3) is 4.03. The first kappa shape index (κ1) is 13.4. The van der Waals surface area contributed by atoms with Gasteiger partial charge < -0.3 is 10.9 Å². The number of aromatic nitrogens is 3. The highest BCUT2D eigenvalue weighted by molar-refractivity contribution is 5.82. The lowest BCUT2D eigenvalue weighted by molar-refractivity contribution is 0.255. The molecule has 3 N–H and O–H groups in total. The van der Waals surface area contributed by atoms with Gasteiger partial charge in [0.05, 0.1) is 5.69 Å². The lowest BCUT2D eigenvalue weighted by Crippen LogP contribution is -2.34. The summed E-state index contributed by atoms with van der Waals surface area (Å²) < 4.78 is 1.68. The van der Waals surface area contributed by atoms with Gasteiger partial charge in [-0.3, -0.25) is 9.58 Å². The van der Waals surface area contributed by atoms with Crippen LogP contribution < -0.4 is 5.73 Å². The summed E-state index contributed by atoms with van der Waals surface area (Å²) >= 11 is 0. The Morgan fingerprint density at radius 3 is 2.88 bits per heavy atom. The van der Waals surface area contributed by atoms with E-state index in [4.69, 9.17) is 10.9 Å². The minimum atomic E-state index is 0.0108. The van der Waals surface area contributed by atoms with Gasteiger partial charge in [0.2, 0.25) is 0 Å². The summed E-state index contributed by atoms with van der Waals surface area (Å²) in [5.41, 5.74) is 6.48. The maximum Gasteiger partial charge on any atom is 0.143 e. The molecule has 0 aromatic carbocycles. The molecule has 0 fully saturated rings. The second kappa shape index (κ2) is 6.19. The summed E-state index contributed by atoms with van der Waals surface area (Å²) in [5, 5.41) is 19.5. The van der Waals surface area contributed by atoms with Crippen molar-refractivity contribution in [2.24, 2.45) is 23.9 Å². The van der Waals surface area contributed by atoms with Crippen LogP contribution in [0.25, 0.3) is 0 Å². The van der Waals surface area contributed by atoms with Gasteiger partial charge in [0, 0.05) is 32.3 Å². The van der Waals surface area contributed by atoms with Gasteiger partial charge in [-0.2, -0.15) is 0 Å². The third-order valence-corrected chi connectivity index (χ3v) is 2.64. The van der Waals surface area contributed by atoms with Crippen molar-refractivity contribution in [3.8, 4) is 0 Å². The van der Waals surface area contributed by atoms with Gasteiger partial charge in [0.1, 0.15) is 5.84 Å². The number of nitrogens with two attached hydrogens (primary N) is 1. The SMILES string of the molecule is CCN(Cc1cn(C)nn1)CC(C)C(N)=NO. The summed E-state index contributed by atoms with van der Waals surface area (Å²) in [7, 11) is 1.84. The highest BCUT2D eigenvalue weighted by Gasteiger charge is 2.14. The number of hydrogen-bond acceptors (Lipinski definition) is 5. The molecule has 96 valence electrons. The highest BCUT2D eigenvalue weighted by atomic mass is 16.4. The van der Waals surface area contributed by atoms with Gasteiger partial charge in [-0.05, 0) is 6.54 Å². The zero-order chi connectivity index (χ0) is 12.8. The maximum absolute atomic E-state index is 8.60. The predicted octanol–water partition coefficient (Wildman–Crippen LogP) is 0.0195. The molecule has 1 aromatic heterocycles. The van der Waals surface area contributed by atoms with Crippen molar-refractivity contribution in [1.29, 1.82) is 0 Å². The normalized spacial score (nSPS) is 14.2. The molecule has 7 nitrogen and oxygen atoms in total. The van der Waals surface area contributed by atoms with E-state index < -0.39 is 0 Å². The number of nitrogens with zero attached hydrogens (tertiary/aromatic N) is 5. The molecule has 0 bridgehead atoms. The quantitative estimate of drug-likeness (QED) is 0.316. The Kier molecular flexibility index (Phi) is 4.89. The molecular formula is C10H20N6O.